The first kappa shape index (κ1) is 13.5. The van der Waals surface area contributed by atoms with Crippen molar-refractivity contribution in [1.29, 1.82) is 0 Å². The van der Waals surface area contributed by atoms with Crippen LogP contribution in [0.25, 0.3) is 0 Å². The largest absolute Gasteiger partial charge is 0.307 e. The van der Waals surface area contributed by atoms with E-state index in [9.17, 15) is 9.18 Å². The Morgan fingerprint density at radius 2 is 2.11 bits per heavy atom. The molecule has 1 aliphatic carbocycles. The molecule has 98 valence electrons. The molecular formula is C14H17ClFNO. The Morgan fingerprint density at radius 3 is 2.78 bits per heavy atom. The summed E-state index contributed by atoms with van der Waals surface area (Å²) >= 11 is 5.89. The molecule has 2 rings (SSSR count). The molecule has 1 N–H and O–H groups in total. The number of Topliss-reactive ketones (excluding diaryl/α,β-unsaturated/α-hetero) is 1. The molecule has 0 heterocycles. The van der Waals surface area contributed by atoms with Crippen molar-refractivity contribution < 1.29 is 9.18 Å². The molecule has 1 saturated carbocycles. The van der Waals surface area contributed by atoms with E-state index in [1.54, 1.807) is 6.07 Å². The maximum atomic E-state index is 12.9. The smallest absolute Gasteiger partial charge is 0.151 e. The van der Waals surface area contributed by atoms with Crippen LogP contribution >= 0.6 is 11.6 Å². The van der Waals surface area contributed by atoms with Gasteiger partial charge in [0.25, 0.3) is 0 Å². The Balaban J connectivity index is 1.82. The molecular weight excluding hydrogens is 253 g/mol. The molecule has 0 atom stereocenters. The van der Waals surface area contributed by atoms with E-state index in [1.807, 2.05) is 0 Å². The van der Waals surface area contributed by atoms with Gasteiger partial charge in [-0.15, -0.1) is 0 Å². The Labute approximate surface area is 112 Å². The van der Waals surface area contributed by atoms with Gasteiger partial charge in [0.2, 0.25) is 0 Å². The highest BCUT2D eigenvalue weighted by Gasteiger charge is 2.15. The summed E-state index contributed by atoms with van der Waals surface area (Å²) in [4.78, 5) is 11.8. The predicted molar refractivity (Wildman–Crippen MR) is 70.4 cm³/mol. The van der Waals surface area contributed by atoms with Crippen LogP contribution in [0.5, 0.6) is 0 Å². The summed E-state index contributed by atoms with van der Waals surface area (Å²) in [6.07, 6.45) is 5.07. The third kappa shape index (κ3) is 3.79. The normalized spacial score (nSPS) is 16.1. The summed E-state index contributed by atoms with van der Waals surface area (Å²) in [5.74, 6) is -0.282. The Kier molecular flexibility index (Phi) is 4.72. The number of hydrogen-bond donors (Lipinski definition) is 1. The number of hydrogen-bond acceptors (Lipinski definition) is 2. The number of nitrogens with one attached hydrogen (secondary N) is 1. The van der Waals surface area contributed by atoms with E-state index in [0.29, 0.717) is 23.2 Å². The van der Waals surface area contributed by atoms with Gasteiger partial charge in [0.1, 0.15) is 5.82 Å². The minimum Gasteiger partial charge on any atom is -0.307 e. The van der Waals surface area contributed by atoms with Crippen molar-refractivity contribution in [3.63, 3.8) is 0 Å². The highest BCUT2D eigenvalue weighted by Crippen LogP contribution is 2.19. The van der Waals surface area contributed by atoms with Crippen LogP contribution in [0, 0.1) is 5.82 Å². The van der Waals surface area contributed by atoms with Crippen molar-refractivity contribution in [3.8, 4) is 0 Å². The first-order valence-corrected chi connectivity index (χ1v) is 6.72. The van der Waals surface area contributed by atoms with Gasteiger partial charge in [0.15, 0.2) is 5.78 Å². The third-order valence-corrected chi connectivity index (χ3v) is 3.70. The standard InChI is InChI=1S/C14H17ClFNO/c15-14-8-11(16)6-5-10(14)7-13(18)9-17-12-3-1-2-4-12/h5-6,8,12,17H,1-4,7,9H2. The van der Waals surface area contributed by atoms with Gasteiger partial charge in [-0.25, -0.2) is 4.39 Å². The van der Waals surface area contributed by atoms with E-state index in [-0.39, 0.29) is 18.0 Å². The summed E-state index contributed by atoms with van der Waals surface area (Å²) in [7, 11) is 0. The Morgan fingerprint density at radius 1 is 1.39 bits per heavy atom. The number of halogens is 2. The van der Waals surface area contributed by atoms with Crippen LogP contribution in [0.2, 0.25) is 5.02 Å². The van der Waals surface area contributed by atoms with Gasteiger partial charge in [0.05, 0.1) is 6.54 Å². The van der Waals surface area contributed by atoms with Gasteiger partial charge in [0, 0.05) is 17.5 Å². The van der Waals surface area contributed by atoms with Crippen LogP contribution in [0.15, 0.2) is 18.2 Å². The lowest BCUT2D eigenvalue weighted by Crippen LogP contribution is -2.32. The van der Waals surface area contributed by atoms with E-state index in [0.717, 1.165) is 12.8 Å². The number of carbonyl (C=O) groups is 1. The quantitative estimate of drug-likeness (QED) is 0.890. The molecule has 0 unspecified atom stereocenters. The molecule has 4 heteroatoms. The second kappa shape index (κ2) is 6.30. The summed E-state index contributed by atoms with van der Waals surface area (Å²) < 4.78 is 12.9. The van der Waals surface area contributed by atoms with E-state index in [2.05, 4.69) is 5.32 Å². The van der Waals surface area contributed by atoms with Crippen molar-refractivity contribution in [2.24, 2.45) is 0 Å². The summed E-state index contributed by atoms with van der Waals surface area (Å²) in [5.41, 5.74) is 0.691. The third-order valence-electron chi connectivity index (χ3n) is 3.35. The van der Waals surface area contributed by atoms with Crippen LogP contribution in [-0.2, 0) is 11.2 Å². The summed E-state index contributed by atoms with van der Waals surface area (Å²) in [6, 6.07) is 4.64. The van der Waals surface area contributed by atoms with E-state index < -0.39 is 0 Å². The minimum atomic E-state index is -0.375. The molecule has 1 aromatic rings. The fraction of sp³-hybridized carbons (Fsp3) is 0.500. The molecule has 1 aliphatic rings. The fourth-order valence-electron chi connectivity index (χ4n) is 2.33. The molecule has 1 fully saturated rings. The van der Waals surface area contributed by atoms with Gasteiger partial charge in [-0.05, 0) is 30.5 Å². The fourth-order valence-corrected chi connectivity index (χ4v) is 2.56. The van der Waals surface area contributed by atoms with E-state index in [1.165, 1.54) is 25.0 Å². The van der Waals surface area contributed by atoms with E-state index >= 15 is 0 Å². The van der Waals surface area contributed by atoms with Gasteiger partial charge >= 0.3 is 0 Å². The van der Waals surface area contributed by atoms with Crippen LogP contribution in [0.3, 0.4) is 0 Å². The zero-order valence-electron chi connectivity index (χ0n) is 10.2. The molecule has 1 aromatic carbocycles. The minimum absolute atomic E-state index is 0.0930. The van der Waals surface area contributed by atoms with Crippen LogP contribution in [-0.4, -0.2) is 18.4 Å². The number of ketones is 1. The Hall–Kier alpha value is -0.930. The van der Waals surface area contributed by atoms with Crippen molar-refractivity contribution in [2.75, 3.05) is 6.54 Å². The van der Waals surface area contributed by atoms with Crippen molar-refractivity contribution in [2.45, 2.75) is 38.1 Å². The topological polar surface area (TPSA) is 29.1 Å². The first-order valence-electron chi connectivity index (χ1n) is 6.34. The van der Waals surface area contributed by atoms with Crippen LogP contribution in [0.1, 0.15) is 31.2 Å². The predicted octanol–water partition coefficient (Wildman–Crippen LogP) is 3.12. The van der Waals surface area contributed by atoms with Crippen molar-refractivity contribution >= 4 is 17.4 Å². The lowest BCUT2D eigenvalue weighted by atomic mass is 10.1. The molecule has 0 amide bonds. The zero-order chi connectivity index (χ0) is 13.0. The van der Waals surface area contributed by atoms with Crippen LogP contribution < -0.4 is 5.32 Å². The number of benzene rings is 1. The number of rotatable bonds is 5. The molecule has 0 aliphatic heterocycles. The lowest BCUT2D eigenvalue weighted by Gasteiger charge is -2.11. The maximum Gasteiger partial charge on any atom is 0.151 e. The van der Waals surface area contributed by atoms with Gasteiger partial charge in [-0.1, -0.05) is 30.5 Å². The van der Waals surface area contributed by atoms with Crippen molar-refractivity contribution in [3.05, 3.63) is 34.6 Å². The molecule has 0 aromatic heterocycles. The molecule has 0 radical (unpaired) electrons. The lowest BCUT2D eigenvalue weighted by molar-refractivity contribution is -0.117. The van der Waals surface area contributed by atoms with Crippen molar-refractivity contribution in [1.82, 2.24) is 5.32 Å². The second-order valence-corrected chi connectivity index (χ2v) is 5.22. The van der Waals surface area contributed by atoms with Gasteiger partial charge < -0.3 is 5.32 Å². The second-order valence-electron chi connectivity index (χ2n) is 4.81. The highest BCUT2D eigenvalue weighted by molar-refractivity contribution is 6.31. The monoisotopic (exact) mass is 269 g/mol. The molecule has 0 bridgehead atoms. The average Bonchev–Trinajstić information content (AvgIpc) is 2.83. The number of carbonyl (C=O) groups excluding carboxylic acids is 1. The van der Waals surface area contributed by atoms with E-state index in [4.69, 9.17) is 11.6 Å². The summed E-state index contributed by atoms with van der Waals surface area (Å²) in [6.45, 7) is 0.373. The molecule has 0 spiro atoms. The molecule has 2 nitrogen and oxygen atoms in total. The summed E-state index contributed by atoms with van der Waals surface area (Å²) in [5, 5.41) is 3.59. The average molecular weight is 270 g/mol. The highest BCUT2D eigenvalue weighted by atomic mass is 35.5. The molecule has 18 heavy (non-hydrogen) atoms. The Bertz CT molecular complexity index is 430. The first-order chi connectivity index (χ1) is 8.65. The SMILES string of the molecule is O=C(CNC1CCCC1)Cc1ccc(F)cc1Cl. The molecule has 0 saturated heterocycles. The van der Waals surface area contributed by atoms with Gasteiger partial charge in [-0.3, -0.25) is 4.79 Å². The van der Waals surface area contributed by atoms with Gasteiger partial charge in [-0.2, -0.15) is 0 Å². The maximum absolute atomic E-state index is 12.9. The van der Waals surface area contributed by atoms with Crippen LogP contribution in [0.4, 0.5) is 4.39 Å². The zero-order valence-corrected chi connectivity index (χ0v) is 11.0.